The highest BCUT2D eigenvalue weighted by Gasteiger charge is 2.18. The molecule has 0 atom stereocenters. The molecule has 0 aromatic carbocycles. The number of hydrogen-bond donors (Lipinski definition) is 1. The third-order valence-electron chi connectivity index (χ3n) is 1.75. The Kier molecular flexibility index (Phi) is 4.77. The van der Waals surface area contributed by atoms with E-state index < -0.39 is 5.60 Å². The van der Waals surface area contributed by atoms with Crippen LogP contribution < -0.4 is 10.5 Å². The summed E-state index contributed by atoms with van der Waals surface area (Å²) in [6.45, 7) is 5.45. The fourth-order valence-corrected chi connectivity index (χ4v) is 1.92. The van der Waals surface area contributed by atoms with E-state index in [4.69, 9.17) is 15.2 Å². The van der Waals surface area contributed by atoms with Crippen molar-refractivity contribution in [2.75, 3.05) is 18.6 Å². The fraction of sp³-hybridized carbons (Fsp3) is 0.545. The first kappa shape index (κ1) is 14.6. The van der Waals surface area contributed by atoms with Crippen molar-refractivity contribution in [2.24, 2.45) is 0 Å². The van der Waals surface area contributed by atoms with Crippen molar-refractivity contribution < 1.29 is 14.3 Å². The van der Waals surface area contributed by atoms with Crippen LogP contribution in [0.1, 0.15) is 20.8 Å². The highest BCUT2D eigenvalue weighted by molar-refractivity contribution is 8.00. The van der Waals surface area contributed by atoms with Gasteiger partial charge in [-0.05, 0) is 20.8 Å². The first-order valence-electron chi connectivity index (χ1n) is 5.32. The molecule has 6 nitrogen and oxygen atoms in total. The highest BCUT2D eigenvalue weighted by atomic mass is 32.2. The summed E-state index contributed by atoms with van der Waals surface area (Å²) in [6.07, 6.45) is 1.33. The predicted molar refractivity (Wildman–Crippen MR) is 69.6 cm³/mol. The third kappa shape index (κ3) is 4.40. The molecule has 0 aliphatic carbocycles. The van der Waals surface area contributed by atoms with Crippen LogP contribution in [0.4, 0.5) is 5.82 Å². The number of esters is 1. The lowest BCUT2D eigenvalue weighted by Crippen LogP contribution is -2.24. The molecule has 18 heavy (non-hydrogen) atoms. The molecule has 0 aliphatic rings. The first-order valence-corrected chi connectivity index (χ1v) is 6.31. The van der Waals surface area contributed by atoms with Crippen LogP contribution in [-0.4, -0.2) is 34.4 Å². The summed E-state index contributed by atoms with van der Waals surface area (Å²) < 4.78 is 10.3. The minimum Gasteiger partial charge on any atom is -0.490 e. The molecule has 1 rings (SSSR count). The molecule has 0 fully saturated rings. The first-order chi connectivity index (χ1) is 8.33. The van der Waals surface area contributed by atoms with Crippen LogP contribution in [0.2, 0.25) is 0 Å². The molecule has 7 heteroatoms. The number of ether oxygens (including phenoxy) is 2. The summed E-state index contributed by atoms with van der Waals surface area (Å²) in [5.41, 5.74) is 5.14. The van der Waals surface area contributed by atoms with Crippen molar-refractivity contribution in [3.8, 4) is 5.75 Å². The summed E-state index contributed by atoms with van der Waals surface area (Å²) in [4.78, 5) is 19.4. The number of nitrogen functional groups attached to an aromatic ring is 1. The monoisotopic (exact) mass is 271 g/mol. The Morgan fingerprint density at radius 3 is 2.67 bits per heavy atom. The maximum Gasteiger partial charge on any atom is 0.316 e. The topological polar surface area (TPSA) is 87.3 Å². The van der Waals surface area contributed by atoms with Crippen LogP contribution in [0.5, 0.6) is 5.75 Å². The van der Waals surface area contributed by atoms with Crippen molar-refractivity contribution >= 4 is 23.5 Å². The van der Waals surface area contributed by atoms with Gasteiger partial charge in [0.2, 0.25) is 0 Å². The second-order valence-corrected chi connectivity index (χ2v) is 5.44. The summed E-state index contributed by atoms with van der Waals surface area (Å²) in [5.74, 6) is 0.460. The molecule has 1 aromatic rings. The van der Waals surface area contributed by atoms with Gasteiger partial charge in [0.15, 0.2) is 11.6 Å². The van der Waals surface area contributed by atoms with Gasteiger partial charge in [0.25, 0.3) is 0 Å². The SMILES string of the molecule is COc1c(N)ncnc1SCC(=O)OC(C)(C)C. The minimum atomic E-state index is -0.494. The second-order valence-electron chi connectivity index (χ2n) is 4.47. The molecular weight excluding hydrogens is 254 g/mol. The summed E-state index contributed by atoms with van der Waals surface area (Å²) in [5, 5.41) is 0.524. The summed E-state index contributed by atoms with van der Waals surface area (Å²) in [7, 11) is 1.48. The zero-order chi connectivity index (χ0) is 13.8. The molecule has 0 radical (unpaired) electrons. The lowest BCUT2D eigenvalue weighted by atomic mass is 10.2. The van der Waals surface area contributed by atoms with Gasteiger partial charge >= 0.3 is 5.97 Å². The van der Waals surface area contributed by atoms with E-state index in [2.05, 4.69) is 9.97 Å². The number of carbonyl (C=O) groups excluding carboxylic acids is 1. The van der Waals surface area contributed by atoms with E-state index in [0.717, 1.165) is 0 Å². The van der Waals surface area contributed by atoms with Crippen LogP contribution in [0.15, 0.2) is 11.4 Å². The molecule has 0 spiro atoms. The largest absolute Gasteiger partial charge is 0.490 e. The van der Waals surface area contributed by atoms with Crippen molar-refractivity contribution in [3.63, 3.8) is 0 Å². The molecule has 2 N–H and O–H groups in total. The lowest BCUT2D eigenvalue weighted by Gasteiger charge is -2.19. The predicted octanol–water partition coefficient (Wildman–Crippen LogP) is 1.50. The average Bonchev–Trinajstić information content (AvgIpc) is 2.24. The Hall–Kier alpha value is -1.50. The van der Waals surface area contributed by atoms with Crippen LogP contribution in [0.25, 0.3) is 0 Å². The number of nitrogens with two attached hydrogens (primary N) is 1. The summed E-state index contributed by atoms with van der Waals surface area (Å²) in [6, 6.07) is 0. The van der Waals surface area contributed by atoms with Gasteiger partial charge < -0.3 is 15.2 Å². The van der Waals surface area contributed by atoms with E-state index in [1.54, 1.807) is 0 Å². The van der Waals surface area contributed by atoms with E-state index in [-0.39, 0.29) is 17.5 Å². The number of hydrogen-bond acceptors (Lipinski definition) is 7. The van der Waals surface area contributed by atoms with Gasteiger partial charge in [-0.1, -0.05) is 11.8 Å². The highest BCUT2D eigenvalue weighted by Crippen LogP contribution is 2.30. The third-order valence-corrected chi connectivity index (χ3v) is 2.69. The van der Waals surface area contributed by atoms with Gasteiger partial charge in [-0.2, -0.15) is 0 Å². The molecular formula is C11H17N3O3S. The smallest absolute Gasteiger partial charge is 0.316 e. The van der Waals surface area contributed by atoms with Gasteiger partial charge in [-0.25, -0.2) is 9.97 Å². The van der Waals surface area contributed by atoms with E-state index in [1.165, 1.54) is 25.2 Å². The maximum absolute atomic E-state index is 11.6. The Morgan fingerprint density at radius 1 is 1.44 bits per heavy atom. The molecule has 1 aromatic heterocycles. The molecule has 0 amide bonds. The molecule has 0 unspecified atom stereocenters. The van der Waals surface area contributed by atoms with Gasteiger partial charge in [0, 0.05) is 0 Å². The number of rotatable bonds is 4. The standard InChI is InChI=1S/C11H17N3O3S/c1-11(2,3)17-7(15)5-18-10-8(16-4)9(12)13-6-14-10/h6H,5H2,1-4H3,(H2,12,13,14). The number of aromatic nitrogens is 2. The maximum atomic E-state index is 11.6. The van der Waals surface area contributed by atoms with Crippen LogP contribution in [-0.2, 0) is 9.53 Å². The van der Waals surface area contributed by atoms with E-state index >= 15 is 0 Å². The Bertz CT molecular complexity index is 432. The number of nitrogens with zero attached hydrogens (tertiary/aromatic N) is 2. The van der Waals surface area contributed by atoms with Gasteiger partial charge in [-0.15, -0.1) is 0 Å². The molecule has 0 bridgehead atoms. The van der Waals surface area contributed by atoms with Gasteiger partial charge in [0.05, 0.1) is 12.9 Å². The Balaban J connectivity index is 2.64. The summed E-state index contributed by atoms with van der Waals surface area (Å²) >= 11 is 1.20. The quantitative estimate of drug-likeness (QED) is 0.504. The van der Waals surface area contributed by atoms with Crippen LogP contribution in [0.3, 0.4) is 0 Å². The molecule has 0 saturated heterocycles. The molecule has 0 aliphatic heterocycles. The number of thioether (sulfide) groups is 1. The van der Waals surface area contributed by atoms with Gasteiger partial charge in [0.1, 0.15) is 17.0 Å². The van der Waals surface area contributed by atoms with E-state index in [0.29, 0.717) is 10.8 Å². The minimum absolute atomic E-state index is 0.143. The lowest BCUT2D eigenvalue weighted by molar-refractivity contribution is -0.151. The van der Waals surface area contributed by atoms with Crippen LogP contribution >= 0.6 is 11.8 Å². The Morgan fingerprint density at radius 2 is 2.11 bits per heavy atom. The van der Waals surface area contributed by atoms with E-state index in [1.807, 2.05) is 20.8 Å². The van der Waals surface area contributed by atoms with Crippen molar-refractivity contribution in [1.29, 1.82) is 0 Å². The number of carbonyl (C=O) groups is 1. The zero-order valence-corrected chi connectivity index (χ0v) is 11.7. The molecule has 0 saturated carbocycles. The van der Waals surface area contributed by atoms with Crippen molar-refractivity contribution in [3.05, 3.63) is 6.33 Å². The molecule has 1 heterocycles. The average molecular weight is 271 g/mol. The van der Waals surface area contributed by atoms with E-state index in [9.17, 15) is 4.79 Å². The number of anilines is 1. The van der Waals surface area contributed by atoms with Crippen molar-refractivity contribution in [1.82, 2.24) is 9.97 Å². The number of methoxy groups -OCH3 is 1. The van der Waals surface area contributed by atoms with Gasteiger partial charge in [-0.3, -0.25) is 4.79 Å². The normalized spacial score (nSPS) is 11.1. The van der Waals surface area contributed by atoms with Crippen LogP contribution in [0, 0.1) is 0 Å². The Labute approximate surface area is 110 Å². The second kappa shape index (κ2) is 5.90. The zero-order valence-electron chi connectivity index (χ0n) is 10.9. The molecule has 100 valence electrons. The van der Waals surface area contributed by atoms with Crippen molar-refractivity contribution in [2.45, 2.75) is 31.4 Å². The fourth-order valence-electron chi connectivity index (χ4n) is 1.16.